The van der Waals surface area contributed by atoms with Gasteiger partial charge in [-0.2, -0.15) is 0 Å². The second kappa shape index (κ2) is 9.79. The Hall–Kier alpha value is -3.07. The number of unbranched alkanes of at least 4 members (excludes halogenated alkanes) is 1. The van der Waals surface area contributed by atoms with Gasteiger partial charge in [-0.1, -0.05) is 18.7 Å². The van der Waals surface area contributed by atoms with Gasteiger partial charge >= 0.3 is 11.9 Å². The SMILES string of the molecule is [C-]#[N+]/C(=C\c1ccc(OCCCCOC(=O)C=C)cc1)C(=O)O. The van der Waals surface area contributed by atoms with Gasteiger partial charge in [0, 0.05) is 6.08 Å². The third-order valence-electron chi connectivity index (χ3n) is 2.74. The predicted octanol–water partition coefficient (Wildman–Crippen LogP) is 2.92. The normalized spacial score (nSPS) is 10.5. The monoisotopic (exact) mass is 315 g/mol. The van der Waals surface area contributed by atoms with Crippen molar-refractivity contribution in [2.24, 2.45) is 0 Å². The first-order valence-corrected chi connectivity index (χ1v) is 6.91. The molecule has 6 heteroatoms. The number of benzene rings is 1. The number of hydrogen-bond acceptors (Lipinski definition) is 4. The Kier molecular flexibility index (Phi) is 7.65. The van der Waals surface area contributed by atoms with Crippen molar-refractivity contribution in [3.63, 3.8) is 0 Å². The largest absolute Gasteiger partial charge is 0.494 e. The fraction of sp³-hybridized carbons (Fsp3) is 0.235. The summed E-state index contributed by atoms with van der Waals surface area (Å²) in [7, 11) is 0. The minimum Gasteiger partial charge on any atom is -0.494 e. The van der Waals surface area contributed by atoms with Gasteiger partial charge in [0.25, 0.3) is 5.70 Å². The van der Waals surface area contributed by atoms with Crippen LogP contribution in [-0.4, -0.2) is 30.3 Å². The van der Waals surface area contributed by atoms with Crippen LogP contribution in [0.4, 0.5) is 0 Å². The molecule has 0 aliphatic heterocycles. The average molecular weight is 315 g/mol. The van der Waals surface area contributed by atoms with Crippen LogP contribution in [0.3, 0.4) is 0 Å². The summed E-state index contributed by atoms with van der Waals surface area (Å²) < 4.78 is 10.3. The van der Waals surface area contributed by atoms with Crippen LogP contribution in [0.25, 0.3) is 10.9 Å². The molecule has 0 aromatic heterocycles. The van der Waals surface area contributed by atoms with E-state index in [0.29, 0.717) is 30.9 Å². The highest BCUT2D eigenvalue weighted by Crippen LogP contribution is 2.15. The molecule has 120 valence electrons. The first kappa shape index (κ1) is 18.0. The molecule has 0 saturated carbocycles. The Labute approximate surface area is 134 Å². The minimum absolute atomic E-state index is 0.326. The van der Waals surface area contributed by atoms with E-state index in [0.717, 1.165) is 12.5 Å². The van der Waals surface area contributed by atoms with Crippen LogP contribution < -0.4 is 4.74 Å². The lowest BCUT2D eigenvalue weighted by atomic mass is 10.2. The van der Waals surface area contributed by atoms with Crippen LogP contribution in [0.15, 0.2) is 42.6 Å². The molecule has 0 bridgehead atoms. The van der Waals surface area contributed by atoms with E-state index in [4.69, 9.17) is 21.2 Å². The van der Waals surface area contributed by atoms with E-state index >= 15 is 0 Å². The van der Waals surface area contributed by atoms with E-state index in [1.165, 1.54) is 6.08 Å². The Morgan fingerprint density at radius 3 is 2.43 bits per heavy atom. The number of aliphatic carboxylic acids is 1. The zero-order chi connectivity index (χ0) is 17.1. The number of carboxylic acids is 1. The summed E-state index contributed by atoms with van der Waals surface area (Å²) in [6.07, 6.45) is 3.84. The van der Waals surface area contributed by atoms with Crippen LogP contribution in [0.2, 0.25) is 0 Å². The third-order valence-corrected chi connectivity index (χ3v) is 2.74. The standard InChI is InChI=1S/C17H17NO5/c1-3-16(19)23-11-5-4-10-22-14-8-6-13(7-9-14)12-15(18-2)17(20)21/h3,6-9,12H,1,4-5,10-11H2,(H,20,21)/b15-12-. The van der Waals surface area contributed by atoms with Crippen molar-refractivity contribution in [2.45, 2.75) is 12.8 Å². The molecule has 1 aromatic carbocycles. The van der Waals surface area contributed by atoms with E-state index in [2.05, 4.69) is 11.4 Å². The Balaban J connectivity index is 2.38. The van der Waals surface area contributed by atoms with Gasteiger partial charge in [-0.3, -0.25) is 4.79 Å². The molecular formula is C17H17NO5. The molecule has 0 unspecified atom stereocenters. The Morgan fingerprint density at radius 1 is 1.22 bits per heavy atom. The highest BCUT2D eigenvalue weighted by Gasteiger charge is 2.06. The first-order valence-electron chi connectivity index (χ1n) is 6.91. The second-order valence-corrected chi connectivity index (χ2v) is 4.44. The van der Waals surface area contributed by atoms with E-state index in [9.17, 15) is 9.59 Å². The van der Waals surface area contributed by atoms with Crippen LogP contribution in [0.1, 0.15) is 18.4 Å². The van der Waals surface area contributed by atoms with Crippen molar-refractivity contribution in [3.05, 3.63) is 59.6 Å². The molecule has 0 atom stereocenters. The highest BCUT2D eigenvalue weighted by atomic mass is 16.5. The van der Waals surface area contributed by atoms with Crippen molar-refractivity contribution in [1.29, 1.82) is 0 Å². The minimum atomic E-state index is -1.25. The summed E-state index contributed by atoms with van der Waals surface area (Å²) in [5.41, 5.74) is 0.273. The van der Waals surface area contributed by atoms with E-state index < -0.39 is 11.9 Å². The zero-order valence-electron chi connectivity index (χ0n) is 12.5. The predicted molar refractivity (Wildman–Crippen MR) is 84.5 cm³/mol. The van der Waals surface area contributed by atoms with Gasteiger partial charge in [-0.15, -0.1) is 0 Å². The number of carboxylic acid groups (broad SMARTS) is 1. The Morgan fingerprint density at radius 2 is 1.87 bits per heavy atom. The van der Waals surface area contributed by atoms with Gasteiger partial charge in [0.1, 0.15) is 5.75 Å². The van der Waals surface area contributed by atoms with Crippen molar-refractivity contribution in [3.8, 4) is 5.75 Å². The van der Waals surface area contributed by atoms with Gasteiger partial charge in [-0.05, 0) is 36.6 Å². The highest BCUT2D eigenvalue weighted by molar-refractivity contribution is 5.94. The fourth-order valence-electron chi connectivity index (χ4n) is 1.59. The molecule has 0 aliphatic rings. The molecule has 0 spiro atoms. The molecule has 0 heterocycles. The first-order chi connectivity index (χ1) is 11.1. The smallest absolute Gasteiger partial charge is 0.333 e. The number of ether oxygens (including phenoxy) is 2. The number of carbonyl (C=O) groups is 2. The second-order valence-electron chi connectivity index (χ2n) is 4.44. The summed E-state index contributed by atoms with van der Waals surface area (Å²) in [5.74, 6) is -1.04. The maximum atomic E-state index is 10.8. The zero-order valence-corrected chi connectivity index (χ0v) is 12.5. The van der Waals surface area contributed by atoms with Crippen molar-refractivity contribution in [2.75, 3.05) is 13.2 Å². The summed E-state index contributed by atoms with van der Waals surface area (Å²) >= 11 is 0. The van der Waals surface area contributed by atoms with Crippen molar-refractivity contribution < 1.29 is 24.2 Å². The van der Waals surface area contributed by atoms with Crippen LogP contribution in [0, 0.1) is 6.57 Å². The van der Waals surface area contributed by atoms with E-state index in [1.807, 2.05) is 0 Å². The lowest BCUT2D eigenvalue weighted by Crippen LogP contribution is -2.04. The molecule has 0 amide bonds. The number of hydrogen-bond donors (Lipinski definition) is 1. The topological polar surface area (TPSA) is 77.2 Å². The van der Waals surface area contributed by atoms with E-state index in [1.54, 1.807) is 24.3 Å². The summed E-state index contributed by atoms with van der Waals surface area (Å²) in [5, 5.41) is 8.78. The fourth-order valence-corrected chi connectivity index (χ4v) is 1.59. The van der Waals surface area contributed by atoms with Gasteiger partial charge in [0.2, 0.25) is 0 Å². The molecule has 0 saturated heterocycles. The van der Waals surface area contributed by atoms with Crippen LogP contribution in [0.5, 0.6) is 5.75 Å². The summed E-state index contributed by atoms with van der Waals surface area (Å²) in [6, 6.07) is 6.75. The van der Waals surface area contributed by atoms with Gasteiger partial charge in [0.05, 0.1) is 19.8 Å². The maximum Gasteiger partial charge on any atom is 0.333 e. The average Bonchev–Trinajstić information content (AvgIpc) is 2.56. The molecule has 1 aromatic rings. The molecule has 6 nitrogen and oxygen atoms in total. The van der Waals surface area contributed by atoms with Crippen molar-refractivity contribution in [1.82, 2.24) is 0 Å². The molecule has 1 rings (SSSR count). The number of nitrogens with zero attached hydrogens (tertiary/aromatic N) is 1. The molecule has 1 N–H and O–H groups in total. The maximum absolute atomic E-state index is 10.8. The van der Waals surface area contributed by atoms with E-state index in [-0.39, 0.29) is 5.70 Å². The molecule has 0 fully saturated rings. The number of rotatable bonds is 9. The summed E-state index contributed by atoms with van der Waals surface area (Å²) in [4.78, 5) is 24.5. The van der Waals surface area contributed by atoms with Gasteiger partial charge in [0.15, 0.2) is 0 Å². The molecule has 0 radical (unpaired) electrons. The molecule has 0 aliphatic carbocycles. The van der Waals surface area contributed by atoms with Crippen LogP contribution >= 0.6 is 0 Å². The van der Waals surface area contributed by atoms with Crippen molar-refractivity contribution >= 4 is 18.0 Å². The third kappa shape index (κ3) is 6.96. The molecule has 23 heavy (non-hydrogen) atoms. The van der Waals surface area contributed by atoms with Crippen LogP contribution in [-0.2, 0) is 14.3 Å². The Bertz CT molecular complexity index is 625. The number of carbonyl (C=O) groups excluding carboxylic acids is 1. The number of esters is 1. The quantitative estimate of drug-likeness (QED) is 0.328. The lowest BCUT2D eigenvalue weighted by Gasteiger charge is -2.06. The lowest BCUT2D eigenvalue weighted by molar-refractivity contribution is -0.138. The summed E-state index contributed by atoms with van der Waals surface area (Å²) in [6.45, 7) is 10.9. The molecular weight excluding hydrogens is 298 g/mol. The van der Waals surface area contributed by atoms with Gasteiger partial charge < -0.3 is 14.6 Å². The van der Waals surface area contributed by atoms with Gasteiger partial charge in [-0.25, -0.2) is 9.64 Å².